The first-order chi connectivity index (χ1) is 12.2. The van der Waals surface area contributed by atoms with Gasteiger partial charge in [0, 0.05) is 45.8 Å². The quantitative estimate of drug-likeness (QED) is 0.799. The van der Waals surface area contributed by atoms with E-state index in [-0.39, 0.29) is 0 Å². The summed E-state index contributed by atoms with van der Waals surface area (Å²) in [6.07, 6.45) is 2.44. The van der Waals surface area contributed by atoms with Crippen LogP contribution in [0.15, 0.2) is 16.8 Å². The number of methoxy groups -OCH3 is 1. The lowest BCUT2D eigenvalue weighted by molar-refractivity contribution is 0.0762. The van der Waals surface area contributed by atoms with Crippen molar-refractivity contribution >= 4 is 27.8 Å². The van der Waals surface area contributed by atoms with Gasteiger partial charge in [0.1, 0.15) is 5.01 Å². The molecule has 0 aliphatic carbocycles. The molecule has 1 spiro atoms. The topological polar surface area (TPSA) is 41.5 Å². The normalized spacial score (nSPS) is 23.6. The van der Waals surface area contributed by atoms with Crippen LogP contribution in [-0.2, 0) is 11.3 Å². The Balaban J connectivity index is 1.44. The Labute approximate surface area is 157 Å². The number of rotatable bonds is 5. The van der Waals surface area contributed by atoms with Crippen LogP contribution in [0.5, 0.6) is 0 Å². The Hall–Kier alpha value is -1.02. The summed E-state index contributed by atoms with van der Waals surface area (Å²) < 4.78 is 5.59. The molecule has 0 radical (unpaired) electrons. The molecule has 5 nitrogen and oxygen atoms in total. The molecule has 0 N–H and O–H groups in total. The van der Waals surface area contributed by atoms with E-state index in [1.165, 1.54) is 24.9 Å². The molecular weight excluding hydrogens is 352 g/mol. The first kappa shape index (κ1) is 17.4. The maximum atomic E-state index is 5.59. The smallest absolute Gasteiger partial charge is 0.208 e. The van der Waals surface area contributed by atoms with Crippen molar-refractivity contribution in [3.05, 3.63) is 27.4 Å². The maximum Gasteiger partial charge on any atom is 0.208 e. The Morgan fingerprint density at radius 1 is 1.32 bits per heavy atom. The van der Waals surface area contributed by atoms with Crippen molar-refractivity contribution in [2.75, 3.05) is 44.8 Å². The molecular formula is C18H26N4OS2. The van der Waals surface area contributed by atoms with E-state index < -0.39 is 0 Å². The van der Waals surface area contributed by atoms with Crippen molar-refractivity contribution in [3.8, 4) is 0 Å². The number of ether oxygens (including phenoxy) is 1. The number of hydrogen-bond acceptors (Lipinski definition) is 7. The Bertz CT molecular complexity index is 679. The van der Waals surface area contributed by atoms with Crippen molar-refractivity contribution in [1.82, 2.24) is 15.1 Å². The van der Waals surface area contributed by atoms with Gasteiger partial charge in [-0.05, 0) is 47.6 Å². The highest BCUT2D eigenvalue weighted by atomic mass is 32.1. The summed E-state index contributed by atoms with van der Waals surface area (Å²) in [5.74, 6) is 0.634. The summed E-state index contributed by atoms with van der Waals surface area (Å²) in [7, 11) is 1.84. The summed E-state index contributed by atoms with van der Waals surface area (Å²) in [5, 5.41) is 15.1. The highest BCUT2D eigenvalue weighted by molar-refractivity contribution is 7.15. The number of anilines is 1. The largest absolute Gasteiger partial charge is 0.384 e. The van der Waals surface area contributed by atoms with Crippen LogP contribution in [0, 0.1) is 18.3 Å². The lowest BCUT2D eigenvalue weighted by atomic mass is 9.71. The minimum Gasteiger partial charge on any atom is -0.384 e. The highest BCUT2D eigenvalue weighted by Gasteiger charge is 2.48. The second-order valence-electron chi connectivity index (χ2n) is 7.41. The lowest BCUT2D eigenvalue weighted by Gasteiger charge is -2.42. The minimum atomic E-state index is 0.391. The van der Waals surface area contributed by atoms with E-state index in [4.69, 9.17) is 4.74 Å². The first-order valence-electron chi connectivity index (χ1n) is 8.96. The van der Waals surface area contributed by atoms with E-state index in [9.17, 15) is 0 Å². The van der Waals surface area contributed by atoms with Gasteiger partial charge in [-0.2, -0.15) is 11.3 Å². The number of likely N-dealkylation sites (tertiary alicyclic amines) is 1. The van der Waals surface area contributed by atoms with Crippen LogP contribution in [0.4, 0.5) is 5.13 Å². The highest BCUT2D eigenvalue weighted by Crippen LogP contribution is 2.46. The third kappa shape index (κ3) is 3.60. The number of hydrogen-bond donors (Lipinski definition) is 0. The molecule has 7 heteroatoms. The molecule has 2 aromatic heterocycles. The van der Waals surface area contributed by atoms with Gasteiger partial charge in [-0.25, -0.2) is 0 Å². The molecule has 0 unspecified atom stereocenters. The van der Waals surface area contributed by atoms with Gasteiger partial charge in [-0.15, -0.1) is 10.2 Å². The van der Waals surface area contributed by atoms with Crippen LogP contribution >= 0.6 is 22.7 Å². The molecule has 2 saturated heterocycles. The Morgan fingerprint density at radius 3 is 2.80 bits per heavy atom. The molecule has 4 heterocycles. The van der Waals surface area contributed by atoms with Crippen molar-refractivity contribution in [1.29, 1.82) is 0 Å². The summed E-state index contributed by atoms with van der Waals surface area (Å²) in [6.45, 7) is 8.49. The predicted octanol–water partition coefficient (Wildman–Crippen LogP) is 3.27. The van der Waals surface area contributed by atoms with Gasteiger partial charge < -0.3 is 9.64 Å². The van der Waals surface area contributed by atoms with E-state index in [0.29, 0.717) is 11.3 Å². The third-order valence-electron chi connectivity index (χ3n) is 5.78. The minimum absolute atomic E-state index is 0.391. The molecule has 25 heavy (non-hydrogen) atoms. The molecule has 2 aromatic rings. The fraction of sp³-hybridized carbons (Fsp3) is 0.667. The molecule has 1 atom stereocenters. The predicted molar refractivity (Wildman–Crippen MR) is 103 cm³/mol. The third-order valence-corrected chi connectivity index (χ3v) is 7.41. The fourth-order valence-corrected chi connectivity index (χ4v) is 5.86. The Kier molecular flexibility index (Phi) is 5.08. The average Bonchev–Trinajstić information content (AvgIpc) is 3.32. The number of aryl methyl sites for hydroxylation is 1. The molecule has 2 aliphatic heterocycles. The summed E-state index contributed by atoms with van der Waals surface area (Å²) in [5.41, 5.74) is 1.84. The molecule has 136 valence electrons. The van der Waals surface area contributed by atoms with Gasteiger partial charge in [0.15, 0.2) is 0 Å². The number of aromatic nitrogens is 2. The van der Waals surface area contributed by atoms with Crippen molar-refractivity contribution in [2.24, 2.45) is 11.3 Å². The van der Waals surface area contributed by atoms with Crippen LogP contribution in [0.2, 0.25) is 0 Å². The van der Waals surface area contributed by atoms with E-state index in [0.717, 1.165) is 42.9 Å². The second-order valence-corrected chi connectivity index (χ2v) is 9.35. The van der Waals surface area contributed by atoms with Crippen LogP contribution in [-0.4, -0.2) is 55.0 Å². The van der Waals surface area contributed by atoms with Crippen LogP contribution in [0.3, 0.4) is 0 Å². The van der Waals surface area contributed by atoms with E-state index >= 15 is 0 Å². The molecule has 4 rings (SSSR count). The van der Waals surface area contributed by atoms with Crippen LogP contribution < -0.4 is 4.90 Å². The summed E-state index contributed by atoms with van der Waals surface area (Å²) in [6, 6.07) is 2.25. The van der Waals surface area contributed by atoms with Crippen molar-refractivity contribution < 1.29 is 4.74 Å². The standard InChI is InChI=1S/C18H26N4OS2/c1-14-19-20-17(25-14)22-6-4-18(5-7-22)13-21(10-16(18)11-23-2)9-15-3-8-24-12-15/h3,8,12,16H,4-7,9-11,13H2,1-2H3/t16-/m1/s1. The first-order valence-corrected chi connectivity index (χ1v) is 10.7. The molecule has 0 amide bonds. The van der Waals surface area contributed by atoms with Gasteiger partial charge in [0.25, 0.3) is 0 Å². The van der Waals surface area contributed by atoms with E-state index in [1.54, 1.807) is 22.7 Å². The number of nitrogens with zero attached hydrogens (tertiary/aromatic N) is 4. The summed E-state index contributed by atoms with van der Waals surface area (Å²) in [4.78, 5) is 5.05. The molecule has 0 bridgehead atoms. The number of thiophene rings is 1. The molecule has 2 aliphatic rings. The van der Waals surface area contributed by atoms with E-state index in [1.807, 2.05) is 14.0 Å². The molecule has 2 fully saturated rings. The molecule has 0 saturated carbocycles. The molecule has 0 aromatic carbocycles. The Morgan fingerprint density at radius 2 is 2.16 bits per heavy atom. The van der Waals surface area contributed by atoms with Gasteiger partial charge in [-0.1, -0.05) is 11.3 Å². The van der Waals surface area contributed by atoms with Gasteiger partial charge in [0.2, 0.25) is 5.13 Å². The van der Waals surface area contributed by atoms with Crippen LogP contribution in [0.1, 0.15) is 23.4 Å². The zero-order valence-corrected chi connectivity index (χ0v) is 16.6. The SMILES string of the molecule is COC[C@H]1CN(Cc2ccsc2)CC12CCN(c1nnc(C)s1)CC2. The van der Waals surface area contributed by atoms with Gasteiger partial charge >= 0.3 is 0 Å². The monoisotopic (exact) mass is 378 g/mol. The zero-order valence-electron chi connectivity index (χ0n) is 15.0. The average molecular weight is 379 g/mol. The lowest BCUT2D eigenvalue weighted by Crippen LogP contribution is -2.45. The zero-order chi connectivity index (χ0) is 17.3. The van der Waals surface area contributed by atoms with E-state index in [2.05, 4.69) is 36.8 Å². The van der Waals surface area contributed by atoms with Gasteiger partial charge in [0.05, 0.1) is 6.61 Å². The van der Waals surface area contributed by atoms with Gasteiger partial charge in [-0.3, -0.25) is 4.90 Å². The maximum absolute atomic E-state index is 5.59. The fourth-order valence-electron chi connectivity index (χ4n) is 4.46. The second kappa shape index (κ2) is 7.31. The van der Waals surface area contributed by atoms with Crippen molar-refractivity contribution in [2.45, 2.75) is 26.3 Å². The number of piperidine rings is 1. The van der Waals surface area contributed by atoms with Crippen molar-refractivity contribution in [3.63, 3.8) is 0 Å². The van der Waals surface area contributed by atoms with Crippen LogP contribution in [0.25, 0.3) is 0 Å². The summed E-state index contributed by atoms with van der Waals surface area (Å²) >= 11 is 3.50.